The summed E-state index contributed by atoms with van der Waals surface area (Å²) in [7, 11) is 0. The third kappa shape index (κ3) is 3.58. The summed E-state index contributed by atoms with van der Waals surface area (Å²) >= 11 is 7.49. The van der Waals surface area contributed by atoms with Crippen LogP contribution in [-0.4, -0.2) is 6.54 Å². The van der Waals surface area contributed by atoms with Gasteiger partial charge in [0.2, 0.25) is 0 Å². The molecule has 0 saturated heterocycles. The quantitative estimate of drug-likeness (QED) is 0.847. The van der Waals surface area contributed by atoms with E-state index in [-0.39, 0.29) is 0 Å². The second-order valence-electron chi connectivity index (χ2n) is 3.90. The minimum absolute atomic E-state index is 0.725. The number of nitrogens with one attached hydrogen (secondary N) is 1. The van der Waals surface area contributed by atoms with Crippen LogP contribution in [0.15, 0.2) is 36.4 Å². The van der Waals surface area contributed by atoms with Gasteiger partial charge in [-0.25, -0.2) is 0 Å². The van der Waals surface area contributed by atoms with Gasteiger partial charge in [-0.15, -0.1) is 11.3 Å². The Morgan fingerprint density at radius 2 is 2.06 bits per heavy atom. The summed E-state index contributed by atoms with van der Waals surface area (Å²) in [5, 5.41) is 12.3. The van der Waals surface area contributed by atoms with E-state index in [0.29, 0.717) is 0 Å². The Balaban J connectivity index is 1.80. The average Bonchev–Trinajstić information content (AvgIpc) is 2.81. The topological polar surface area (TPSA) is 35.8 Å². The fourth-order valence-electron chi connectivity index (χ4n) is 1.70. The Morgan fingerprint density at radius 3 is 2.78 bits per heavy atom. The fourth-order valence-corrected chi connectivity index (χ4v) is 2.79. The molecule has 0 radical (unpaired) electrons. The van der Waals surface area contributed by atoms with Crippen molar-refractivity contribution < 1.29 is 0 Å². The van der Waals surface area contributed by atoms with Crippen LogP contribution in [0.25, 0.3) is 0 Å². The van der Waals surface area contributed by atoms with Crippen LogP contribution in [0.2, 0.25) is 4.34 Å². The van der Waals surface area contributed by atoms with Gasteiger partial charge in [-0.05, 0) is 30.2 Å². The summed E-state index contributed by atoms with van der Waals surface area (Å²) in [6.07, 6.45) is 0.964. The van der Waals surface area contributed by atoms with Crippen LogP contribution in [0, 0.1) is 11.3 Å². The van der Waals surface area contributed by atoms with Gasteiger partial charge >= 0.3 is 0 Å². The van der Waals surface area contributed by atoms with Crippen molar-refractivity contribution in [3.63, 3.8) is 0 Å². The van der Waals surface area contributed by atoms with Gasteiger partial charge in [0, 0.05) is 18.0 Å². The maximum atomic E-state index is 8.96. The van der Waals surface area contributed by atoms with Crippen molar-refractivity contribution in [3.8, 4) is 6.07 Å². The molecule has 18 heavy (non-hydrogen) atoms. The maximum absolute atomic E-state index is 8.96. The minimum atomic E-state index is 0.725. The number of nitrogens with zero attached hydrogens (tertiary/aromatic N) is 1. The lowest BCUT2D eigenvalue weighted by molar-refractivity contribution is 0.689. The van der Waals surface area contributed by atoms with Gasteiger partial charge in [0.05, 0.1) is 16.0 Å². The molecule has 1 aromatic heterocycles. The van der Waals surface area contributed by atoms with Crippen molar-refractivity contribution in [2.24, 2.45) is 0 Å². The lowest BCUT2D eigenvalue weighted by Gasteiger charge is -2.05. The first kappa shape index (κ1) is 13.1. The molecule has 2 rings (SSSR count). The van der Waals surface area contributed by atoms with Gasteiger partial charge in [-0.1, -0.05) is 29.8 Å². The Morgan fingerprint density at radius 1 is 1.22 bits per heavy atom. The molecule has 0 amide bonds. The number of nitriles is 1. The zero-order valence-electron chi connectivity index (χ0n) is 9.82. The van der Waals surface area contributed by atoms with Crippen LogP contribution in [0.5, 0.6) is 0 Å². The average molecular weight is 277 g/mol. The number of thiophene rings is 1. The van der Waals surface area contributed by atoms with Crippen molar-refractivity contribution in [3.05, 3.63) is 56.7 Å². The third-order valence-corrected chi connectivity index (χ3v) is 3.92. The highest BCUT2D eigenvalue weighted by Gasteiger charge is 2.01. The highest BCUT2D eigenvalue weighted by atomic mass is 35.5. The van der Waals surface area contributed by atoms with Crippen LogP contribution >= 0.6 is 22.9 Å². The van der Waals surface area contributed by atoms with Crippen LogP contribution in [0.1, 0.15) is 16.0 Å². The standard InChI is InChI=1S/C14H13ClN2S/c15-14-6-5-13(18-14)7-8-17-10-12-4-2-1-3-11(12)9-16/h1-6,17H,7-8,10H2. The highest BCUT2D eigenvalue weighted by Crippen LogP contribution is 2.21. The SMILES string of the molecule is N#Cc1ccccc1CNCCc1ccc(Cl)s1. The second-order valence-corrected chi connectivity index (χ2v) is 5.70. The molecule has 0 saturated carbocycles. The van der Waals surface area contributed by atoms with Crippen molar-refractivity contribution in [1.29, 1.82) is 5.26 Å². The molecule has 0 unspecified atom stereocenters. The van der Waals surface area contributed by atoms with Crippen LogP contribution < -0.4 is 5.32 Å². The summed E-state index contributed by atoms with van der Waals surface area (Å²) in [5.74, 6) is 0. The van der Waals surface area contributed by atoms with Crippen molar-refractivity contribution in [2.45, 2.75) is 13.0 Å². The molecule has 0 aliphatic heterocycles. The lowest BCUT2D eigenvalue weighted by Crippen LogP contribution is -2.16. The van der Waals surface area contributed by atoms with E-state index in [1.54, 1.807) is 11.3 Å². The maximum Gasteiger partial charge on any atom is 0.0995 e. The summed E-state index contributed by atoms with van der Waals surface area (Å²) in [4.78, 5) is 1.28. The van der Waals surface area contributed by atoms with Crippen LogP contribution in [0.4, 0.5) is 0 Å². The molecule has 0 bridgehead atoms. The van der Waals surface area contributed by atoms with E-state index in [1.807, 2.05) is 30.3 Å². The third-order valence-electron chi connectivity index (χ3n) is 2.63. The van der Waals surface area contributed by atoms with Crippen LogP contribution in [-0.2, 0) is 13.0 Å². The second kappa shape index (κ2) is 6.55. The molecule has 0 fully saturated rings. The number of benzene rings is 1. The van der Waals surface area contributed by atoms with Gasteiger partial charge in [-0.2, -0.15) is 5.26 Å². The molecule has 92 valence electrons. The van der Waals surface area contributed by atoms with E-state index in [1.165, 1.54) is 4.88 Å². The number of hydrogen-bond donors (Lipinski definition) is 1. The molecule has 2 aromatic rings. The van der Waals surface area contributed by atoms with Gasteiger partial charge in [0.15, 0.2) is 0 Å². The van der Waals surface area contributed by atoms with Crippen molar-refractivity contribution >= 4 is 22.9 Å². The van der Waals surface area contributed by atoms with Gasteiger partial charge in [-0.3, -0.25) is 0 Å². The molecular weight excluding hydrogens is 264 g/mol. The van der Waals surface area contributed by atoms with Gasteiger partial charge in [0.25, 0.3) is 0 Å². The predicted octanol–water partition coefficient (Wildman–Crippen LogP) is 3.61. The zero-order valence-corrected chi connectivity index (χ0v) is 11.4. The molecule has 0 spiro atoms. The monoisotopic (exact) mass is 276 g/mol. The molecule has 0 aliphatic rings. The first-order valence-corrected chi connectivity index (χ1v) is 6.92. The molecular formula is C14H13ClN2S. The first-order valence-electron chi connectivity index (χ1n) is 5.72. The van der Waals surface area contributed by atoms with Gasteiger partial charge < -0.3 is 5.32 Å². The van der Waals surface area contributed by atoms with E-state index >= 15 is 0 Å². The number of hydrogen-bond acceptors (Lipinski definition) is 3. The molecule has 1 N–H and O–H groups in total. The zero-order chi connectivity index (χ0) is 12.8. The Labute approximate surface area is 116 Å². The Hall–Kier alpha value is -1.34. The highest BCUT2D eigenvalue weighted by molar-refractivity contribution is 7.16. The molecule has 0 atom stereocenters. The Bertz CT molecular complexity index is 557. The van der Waals surface area contributed by atoms with E-state index in [9.17, 15) is 0 Å². The van der Waals surface area contributed by atoms with E-state index in [2.05, 4.69) is 17.5 Å². The summed E-state index contributed by atoms with van der Waals surface area (Å²) in [5.41, 5.74) is 1.79. The molecule has 4 heteroatoms. The predicted molar refractivity (Wildman–Crippen MR) is 75.9 cm³/mol. The van der Waals surface area contributed by atoms with Crippen LogP contribution in [0.3, 0.4) is 0 Å². The van der Waals surface area contributed by atoms with Gasteiger partial charge in [0.1, 0.15) is 0 Å². The van der Waals surface area contributed by atoms with Crippen molar-refractivity contribution in [2.75, 3.05) is 6.54 Å². The molecule has 2 nitrogen and oxygen atoms in total. The smallest absolute Gasteiger partial charge is 0.0995 e. The summed E-state index contributed by atoms with van der Waals surface area (Å²) in [6.45, 7) is 1.61. The number of halogens is 1. The molecule has 1 aromatic carbocycles. The summed E-state index contributed by atoms with van der Waals surface area (Å²) in [6, 6.07) is 13.8. The minimum Gasteiger partial charge on any atom is -0.312 e. The lowest BCUT2D eigenvalue weighted by atomic mass is 10.1. The first-order chi connectivity index (χ1) is 8.79. The van der Waals surface area contributed by atoms with E-state index in [0.717, 1.165) is 35.0 Å². The molecule has 1 heterocycles. The summed E-state index contributed by atoms with van der Waals surface area (Å²) < 4.78 is 0.833. The molecule has 0 aliphatic carbocycles. The van der Waals surface area contributed by atoms with E-state index < -0.39 is 0 Å². The Kier molecular flexibility index (Phi) is 4.77. The number of rotatable bonds is 5. The van der Waals surface area contributed by atoms with Crippen molar-refractivity contribution in [1.82, 2.24) is 5.32 Å². The fraction of sp³-hybridized carbons (Fsp3) is 0.214. The largest absolute Gasteiger partial charge is 0.312 e. The normalized spacial score (nSPS) is 10.2. The van der Waals surface area contributed by atoms with E-state index in [4.69, 9.17) is 16.9 Å².